The van der Waals surface area contributed by atoms with Gasteiger partial charge in [0, 0.05) is 0 Å². The molecule has 1 aromatic rings. The second-order valence-electron chi connectivity index (χ2n) is 3.35. The highest BCUT2D eigenvalue weighted by Gasteiger charge is 2.04. The number of aryl methyl sites for hydroxylation is 1. The van der Waals surface area contributed by atoms with Gasteiger partial charge in [0.25, 0.3) is 0 Å². The van der Waals surface area contributed by atoms with E-state index in [1.807, 2.05) is 32.0 Å². The molecular formula is C12H13N. The molecule has 1 heteroatoms. The SMILES string of the molecule is C=C(C)Cc1c(C)cccc1C#N. The van der Waals surface area contributed by atoms with Gasteiger partial charge in [0.2, 0.25) is 0 Å². The summed E-state index contributed by atoms with van der Waals surface area (Å²) in [5.41, 5.74) is 4.13. The van der Waals surface area contributed by atoms with Crippen LogP contribution in [0.15, 0.2) is 30.4 Å². The van der Waals surface area contributed by atoms with Crippen molar-refractivity contribution in [1.29, 1.82) is 5.26 Å². The number of nitrogens with zero attached hydrogens (tertiary/aromatic N) is 1. The van der Waals surface area contributed by atoms with Gasteiger partial charge in [0.15, 0.2) is 0 Å². The predicted molar refractivity (Wildman–Crippen MR) is 54.4 cm³/mol. The van der Waals surface area contributed by atoms with Crippen LogP contribution >= 0.6 is 0 Å². The first-order valence-corrected chi connectivity index (χ1v) is 4.28. The second kappa shape index (κ2) is 3.91. The van der Waals surface area contributed by atoms with E-state index in [2.05, 4.69) is 12.6 Å². The van der Waals surface area contributed by atoms with Gasteiger partial charge in [0.1, 0.15) is 0 Å². The molecule has 0 heterocycles. The van der Waals surface area contributed by atoms with Crippen LogP contribution < -0.4 is 0 Å². The molecule has 0 bridgehead atoms. The lowest BCUT2D eigenvalue weighted by atomic mass is 9.97. The van der Waals surface area contributed by atoms with E-state index in [0.717, 1.165) is 23.1 Å². The van der Waals surface area contributed by atoms with Crippen LogP contribution in [-0.4, -0.2) is 0 Å². The normalized spacial score (nSPS) is 9.31. The molecule has 1 rings (SSSR count). The Morgan fingerprint density at radius 1 is 1.54 bits per heavy atom. The maximum absolute atomic E-state index is 8.88. The Morgan fingerprint density at radius 3 is 2.77 bits per heavy atom. The molecule has 1 aromatic carbocycles. The fraction of sp³-hybridized carbons (Fsp3) is 0.250. The minimum absolute atomic E-state index is 0.767. The Hall–Kier alpha value is -1.55. The molecule has 0 amide bonds. The molecule has 0 aromatic heterocycles. The van der Waals surface area contributed by atoms with Crippen LogP contribution in [0, 0.1) is 18.3 Å². The summed E-state index contributed by atoms with van der Waals surface area (Å²) in [6.07, 6.45) is 0.801. The summed E-state index contributed by atoms with van der Waals surface area (Å²) in [6, 6.07) is 7.99. The summed E-state index contributed by atoms with van der Waals surface area (Å²) in [7, 11) is 0. The van der Waals surface area contributed by atoms with Crippen LogP contribution in [0.3, 0.4) is 0 Å². The third-order valence-corrected chi connectivity index (χ3v) is 2.01. The number of benzene rings is 1. The van der Waals surface area contributed by atoms with Crippen LogP contribution in [0.5, 0.6) is 0 Å². The van der Waals surface area contributed by atoms with Crippen LogP contribution in [0.25, 0.3) is 0 Å². The van der Waals surface area contributed by atoms with Gasteiger partial charge in [0.05, 0.1) is 11.6 Å². The first-order valence-electron chi connectivity index (χ1n) is 4.28. The van der Waals surface area contributed by atoms with Gasteiger partial charge in [-0.15, -0.1) is 0 Å². The molecule has 0 saturated heterocycles. The maximum atomic E-state index is 8.88. The fourth-order valence-electron chi connectivity index (χ4n) is 1.34. The molecule has 0 radical (unpaired) electrons. The Balaban J connectivity index is 3.17. The van der Waals surface area contributed by atoms with Crippen LogP contribution in [0.1, 0.15) is 23.6 Å². The fourth-order valence-corrected chi connectivity index (χ4v) is 1.34. The third-order valence-electron chi connectivity index (χ3n) is 2.01. The Bertz CT molecular complexity index is 369. The number of rotatable bonds is 2. The van der Waals surface area contributed by atoms with Gasteiger partial charge in [-0.2, -0.15) is 5.26 Å². The van der Waals surface area contributed by atoms with E-state index in [-0.39, 0.29) is 0 Å². The average molecular weight is 171 g/mol. The quantitative estimate of drug-likeness (QED) is 0.627. The third kappa shape index (κ3) is 2.19. The zero-order chi connectivity index (χ0) is 9.84. The number of hydrogen-bond donors (Lipinski definition) is 0. The van der Waals surface area contributed by atoms with E-state index >= 15 is 0 Å². The van der Waals surface area contributed by atoms with Gasteiger partial charge in [-0.3, -0.25) is 0 Å². The van der Waals surface area contributed by atoms with Gasteiger partial charge >= 0.3 is 0 Å². The Kier molecular flexibility index (Phi) is 2.87. The molecule has 0 aliphatic heterocycles. The molecule has 66 valence electrons. The maximum Gasteiger partial charge on any atom is 0.0994 e. The molecule has 0 aliphatic carbocycles. The van der Waals surface area contributed by atoms with E-state index in [1.165, 1.54) is 5.56 Å². The predicted octanol–water partition coefficient (Wildman–Crippen LogP) is 2.99. The first kappa shape index (κ1) is 9.54. The number of allylic oxidation sites excluding steroid dienone is 1. The molecule has 0 aliphatic rings. The average Bonchev–Trinajstić information content (AvgIpc) is 2.08. The van der Waals surface area contributed by atoms with Crippen molar-refractivity contribution < 1.29 is 0 Å². The minimum atomic E-state index is 0.767. The van der Waals surface area contributed by atoms with Crippen molar-refractivity contribution in [3.8, 4) is 6.07 Å². The van der Waals surface area contributed by atoms with Gasteiger partial charge in [-0.05, 0) is 37.5 Å². The Labute approximate surface area is 79.3 Å². The Morgan fingerprint density at radius 2 is 2.23 bits per heavy atom. The first-order chi connectivity index (χ1) is 6.15. The summed E-state index contributed by atoms with van der Waals surface area (Å²) >= 11 is 0. The molecule has 0 spiro atoms. The summed E-state index contributed by atoms with van der Waals surface area (Å²) < 4.78 is 0. The highest BCUT2D eigenvalue weighted by atomic mass is 14.2. The van der Waals surface area contributed by atoms with Crippen molar-refractivity contribution >= 4 is 0 Å². The van der Waals surface area contributed by atoms with Crippen LogP contribution in [0.2, 0.25) is 0 Å². The van der Waals surface area contributed by atoms with Crippen molar-refractivity contribution in [2.45, 2.75) is 20.3 Å². The lowest BCUT2D eigenvalue weighted by Crippen LogP contribution is -1.94. The summed E-state index contributed by atoms with van der Waals surface area (Å²) in [6.45, 7) is 7.86. The number of nitriles is 1. The van der Waals surface area contributed by atoms with Crippen molar-refractivity contribution in [2.75, 3.05) is 0 Å². The van der Waals surface area contributed by atoms with E-state index in [0.29, 0.717) is 0 Å². The van der Waals surface area contributed by atoms with Crippen molar-refractivity contribution in [3.63, 3.8) is 0 Å². The standard InChI is InChI=1S/C12H13N/c1-9(2)7-12-10(3)5-4-6-11(12)8-13/h4-6H,1,7H2,2-3H3. The highest BCUT2D eigenvalue weighted by Crippen LogP contribution is 2.16. The smallest absolute Gasteiger partial charge is 0.0994 e. The monoisotopic (exact) mass is 171 g/mol. The lowest BCUT2D eigenvalue weighted by Gasteiger charge is -2.06. The molecule has 0 unspecified atom stereocenters. The molecule has 0 N–H and O–H groups in total. The van der Waals surface area contributed by atoms with E-state index in [1.54, 1.807) is 0 Å². The zero-order valence-corrected chi connectivity index (χ0v) is 8.09. The van der Waals surface area contributed by atoms with E-state index in [9.17, 15) is 0 Å². The van der Waals surface area contributed by atoms with Crippen LogP contribution in [-0.2, 0) is 6.42 Å². The van der Waals surface area contributed by atoms with Crippen LogP contribution in [0.4, 0.5) is 0 Å². The molecule has 0 fully saturated rings. The molecule has 1 nitrogen and oxygen atoms in total. The molecular weight excluding hydrogens is 158 g/mol. The largest absolute Gasteiger partial charge is 0.192 e. The highest BCUT2D eigenvalue weighted by molar-refractivity contribution is 5.43. The van der Waals surface area contributed by atoms with E-state index in [4.69, 9.17) is 5.26 Å². The summed E-state index contributed by atoms with van der Waals surface area (Å²) in [4.78, 5) is 0. The van der Waals surface area contributed by atoms with Gasteiger partial charge < -0.3 is 0 Å². The second-order valence-corrected chi connectivity index (χ2v) is 3.35. The van der Waals surface area contributed by atoms with Crippen molar-refractivity contribution in [3.05, 3.63) is 47.0 Å². The molecule has 0 saturated carbocycles. The topological polar surface area (TPSA) is 23.8 Å². The zero-order valence-electron chi connectivity index (χ0n) is 8.09. The molecule has 0 atom stereocenters. The van der Waals surface area contributed by atoms with Crippen molar-refractivity contribution in [2.24, 2.45) is 0 Å². The lowest BCUT2D eigenvalue weighted by molar-refractivity contribution is 1.11. The van der Waals surface area contributed by atoms with Gasteiger partial charge in [-0.25, -0.2) is 0 Å². The minimum Gasteiger partial charge on any atom is -0.192 e. The molecule has 13 heavy (non-hydrogen) atoms. The summed E-state index contributed by atoms with van der Waals surface area (Å²) in [5.74, 6) is 0. The van der Waals surface area contributed by atoms with Gasteiger partial charge in [-0.1, -0.05) is 24.3 Å². The van der Waals surface area contributed by atoms with E-state index < -0.39 is 0 Å². The van der Waals surface area contributed by atoms with Crippen molar-refractivity contribution in [1.82, 2.24) is 0 Å². The summed E-state index contributed by atoms with van der Waals surface area (Å²) in [5, 5.41) is 8.88. The number of hydrogen-bond acceptors (Lipinski definition) is 1.